The van der Waals surface area contributed by atoms with Crippen LogP contribution in [0.1, 0.15) is 11.1 Å². The van der Waals surface area contributed by atoms with E-state index in [1.54, 1.807) is 36.4 Å². The van der Waals surface area contributed by atoms with Crippen LogP contribution in [0.4, 0.5) is 4.39 Å². The summed E-state index contributed by atoms with van der Waals surface area (Å²) >= 11 is 0. The van der Waals surface area contributed by atoms with Crippen LogP contribution in [0, 0.1) is 6.92 Å². The molecule has 98 valence electrons. The summed E-state index contributed by atoms with van der Waals surface area (Å²) in [4.78, 5) is -0.0450. The Balaban J connectivity index is 2.42. The zero-order chi connectivity index (χ0) is 13.9. The molecule has 2 aromatic carbocycles. The van der Waals surface area contributed by atoms with Crippen molar-refractivity contribution in [2.45, 2.75) is 11.8 Å². The summed E-state index contributed by atoms with van der Waals surface area (Å²) in [7, 11) is -4.06. The van der Waals surface area contributed by atoms with E-state index in [0.29, 0.717) is 5.56 Å². The van der Waals surface area contributed by atoms with E-state index in [2.05, 4.69) is 0 Å². The van der Waals surface area contributed by atoms with Crippen LogP contribution in [0.25, 0.3) is 6.08 Å². The van der Waals surface area contributed by atoms with Gasteiger partial charge in [-0.25, -0.2) is 8.42 Å². The number of halogens is 1. The number of hydrogen-bond donors (Lipinski definition) is 0. The van der Waals surface area contributed by atoms with Gasteiger partial charge in [-0.1, -0.05) is 48.0 Å². The van der Waals surface area contributed by atoms with Crippen LogP contribution < -0.4 is 0 Å². The molecular weight excluding hydrogens is 263 g/mol. The standard InChI is InChI=1S/C15H13FO2S/c1-12-6-5-7-13(10-12)11-15(16)19(17,18)14-8-3-2-4-9-14/h2-11H,1H3/b15-11+. The molecule has 0 fully saturated rings. The summed E-state index contributed by atoms with van der Waals surface area (Å²) in [6.07, 6.45) is 1.04. The van der Waals surface area contributed by atoms with Gasteiger partial charge >= 0.3 is 0 Å². The highest BCUT2D eigenvalue weighted by atomic mass is 32.2. The van der Waals surface area contributed by atoms with Gasteiger partial charge in [0.2, 0.25) is 15.0 Å². The molecule has 0 unspecified atom stereocenters. The second-order valence-electron chi connectivity index (χ2n) is 4.18. The maximum atomic E-state index is 14.0. The first-order valence-electron chi connectivity index (χ1n) is 5.74. The van der Waals surface area contributed by atoms with Crippen LogP contribution in [-0.4, -0.2) is 8.42 Å². The fourth-order valence-corrected chi connectivity index (χ4v) is 2.71. The van der Waals surface area contributed by atoms with E-state index < -0.39 is 15.0 Å². The molecule has 0 aliphatic carbocycles. The Morgan fingerprint density at radius 1 is 1.05 bits per heavy atom. The Kier molecular flexibility index (Phi) is 3.81. The van der Waals surface area contributed by atoms with Crippen LogP contribution in [0.2, 0.25) is 0 Å². The largest absolute Gasteiger partial charge is 0.233 e. The second kappa shape index (κ2) is 5.36. The second-order valence-corrected chi connectivity index (χ2v) is 6.05. The van der Waals surface area contributed by atoms with E-state index in [4.69, 9.17) is 0 Å². The van der Waals surface area contributed by atoms with E-state index in [1.807, 2.05) is 13.0 Å². The molecule has 2 aromatic rings. The summed E-state index contributed by atoms with van der Waals surface area (Å²) in [6.45, 7) is 1.86. The van der Waals surface area contributed by atoms with E-state index in [9.17, 15) is 12.8 Å². The number of aryl methyl sites for hydroxylation is 1. The summed E-state index contributed by atoms with van der Waals surface area (Å²) in [5.41, 5.74) is 1.47. The van der Waals surface area contributed by atoms with E-state index in [1.165, 1.54) is 12.1 Å². The molecule has 0 aromatic heterocycles. The maximum absolute atomic E-state index is 14.0. The zero-order valence-electron chi connectivity index (χ0n) is 10.4. The molecule has 0 amide bonds. The zero-order valence-corrected chi connectivity index (χ0v) is 11.2. The monoisotopic (exact) mass is 276 g/mol. The lowest BCUT2D eigenvalue weighted by atomic mass is 10.1. The first-order chi connectivity index (χ1) is 9.00. The van der Waals surface area contributed by atoms with Crippen LogP contribution in [-0.2, 0) is 9.84 Å². The van der Waals surface area contributed by atoms with Crippen LogP contribution in [0.3, 0.4) is 0 Å². The molecule has 0 N–H and O–H groups in total. The number of rotatable bonds is 3. The van der Waals surface area contributed by atoms with Crippen LogP contribution in [0.15, 0.2) is 64.7 Å². The molecule has 2 rings (SSSR count). The predicted octanol–water partition coefficient (Wildman–Crippen LogP) is 3.74. The third kappa shape index (κ3) is 3.09. The molecule has 19 heavy (non-hydrogen) atoms. The van der Waals surface area contributed by atoms with Gasteiger partial charge in [-0.05, 0) is 30.7 Å². The molecular formula is C15H13FO2S. The highest BCUT2D eigenvalue weighted by Gasteiger charge is 2.20. The highest BCUT2D eigenvalue weighted by molar-refractivity contribution is 7.95. The molecule has 4 heteroatoms. The minimum Gasteiger partial charge on any atom is -0.216 e. The van der Waals surface area contributed by atoms with Crippen molar-refractivity contribution < 1.29 is 12.8 Å². The van der Waals surface area contributed by atoms with Gasteiger partial charge < -0.3 is 0 Å². The summed E-state index contributed by atoms with van der Waals surface area (Å²) in [5, 5.41) is -1.15. The van der Waals surface area contributed by atoms with Gasteiger partial charge in [0, 0.05) is 0 Å². The SMILES string of the molecule is Cc1cccc(/C=C(\F)S(=O)(=O)c2ccccc2)c1. The van der Waals surface area contributed by atoms with Crippen molar-refractivity contribution in [2.24, 2.45) is 0 Å². The first-order valence-corrected chi connectivity index (χ1v) is 7.22. The van der Waals surface area contributed by atoms with Gasteiger partial charge in [-0.3, -0.25) is 0 Å². The lowest BCUT2D eigenvalue weighted by Gasteiger charge is -2.02. The quantitative estimate of drug-likeness (QED) is 0.856. The number of hydrogen-bond acceptors (Lipinski definition) is 2. The third-order valence-corrected chi connectivity index (χ3v) is 4.16. The molecule has 0 saturated carbocycles. The van der Waals surface area contributed by atoms with Crippen molar-refractivity contribution in [1.82, 2.24) is 0 Å². The molecule has 0 spiro atoms. The predicted molar refractivity (Wildman–Crippen MR) is 73.9 cm³/mol. The summed E-state index contributed by atoms with van der Waals surface area (Å²) < 4.78 is 37.9. The van der Waals surface area contributed by atoms with Gasteiger partial charge in [0.05, 0.1) is 4.90 Å². The average Bonchev–Trinajstić information content (AvgIpc) is 2.39. The van der Waals surface area contributed by atoms with Crippen molar-refractivity contribution in [3.63, 3.8) is 0 Å². The van der Waals surface area contributed by atoms with Gasteiger partial charge in [-0.15, -0.1) is 0 Å². The van der Waals surface area contributed by atoms with Crippen molar-refractivity contribution in [3.05, 3.63) is 70.9 Å². The molecule has 0 aliphatic heterocycles. The molecule has 0 aliphatic rings. The van der Waals surface area contributed by atoms with Gasteiger partial charge in [0.25, 0.3) is 0 Å². The molecule has 0 radical (unpaired) electrons. The topological polar surface area (TPSA) is 34.1 Å². The molecule has 0 saturated heterocycles. The van der Waals surface area contributed by atoms with Gasteiger partial charge in [0.15, 0.2) is 0 Å². The lowest BCUT2D eigenvalue weighted by Crippen LogP contribution is -2.00. The minimum atomic E-state index is -4.06. The van der Waals surface area contributed by atoms with Gasteiger partial charge in [-0.2, -0.15) is 4.39 Å². The third-order valence-electron chi connectivity index (χ3n) is 2.63. The van der Waals surface area contributed by atoms with E-state index in [0.717, 1.165) is 11.6 Å². The smallest absolute Gasteiger partial charge is 0.216 e. The normalized spacial score (nSPS) is 12.4. The highest BCUT2D eigenvalue weighted by Crippen LogP contribution is 2.22. The maximum Gasteiger partial charge on any atom is 0.233 e. The van der Waals surface area contributed by atoms with Crippen molar-refractivity contribution in [1.29, 1.82) is 0 Å². The Hall–Kier alpha value is -1.94. The minimum absolute atomic E-state index is 0.0450. The Labute approximate surface area is 112 Å². The number of sulfone groups is 1. The van der Waals surface area contributed by atoms with Gasteiger partial charge in [0.1, 0.15) is 0 Å². The lowest BCUT2D eigenvalue weighted by molar-refractivity contribution is 0.579. The fraction of sp³-hybridized carbons (Fsp3) is 0.0667. The van der Waals surface area contributed by atoms with E-state index >= 15 is 0 Å². The van der Waals surface area contributed by atoms with Crippen molar-refractivity contribution in [3.8, 4) is 0 Å². The van der Waals surface area contributed by atoms with Crippen molar-refractivity contribution in [2.75, 3.05) is 0 Å². The average molecular weight is 276 g/mol. The summed E-state index contributed by atoms with van der Waals surface area (Å²) in [5.74, 6) is 0. The molecule has 0 heterocycles. The summed E-state index contributed by atoms with van der Waals surface area (Å²) in [6, 6.07) is 14.6. The Morgan fingerprint density at radius 3 is 2.37 bits per heavy atom. The number of benzene rings is 2. The molecule has 0 bridgehead atoms. The van der Waals surface area contributed by atoms with Crippen molar-refractivity contribution >= 4 is 15.9 Å². The van der Waals surface area contributed by atoms with E-state index in [-0.39, 0.29) is 4.90 Å². The Bertz CT molecular complexity index is 704. The van der Waals surface area contributed by atoms with Crippen LogP contribution >= 0.6 is 0 Å². The Morgan fingerprint density at radius 2 is 1.74 bits per heavy atom. The van der Waals surface area contributed by atoms with Crippen LogP contribution in [0.5, 0.6) is 0 Å². The molecule has 2 nitrogen and oxygen atoms in total. The molecule has 0 atom stereocenters. The fourth-order valence-electron chi connectivity index (χ4n) is 1.68. The first kappa shape index (κ1) is 13.5.